The van der Waals surface area contributed by atoms with E-state index in [1.54, 1.807) is 6.92 Å². The van der Waals surface area contributed by atoms with Crippen molar-refractivity contribution in [2.24, 2.45) is 0 Å². The van der Waals surface area contributed by atoms with Crippen molar-refractivity contribution in [3.63, 3.8) is 0 Å². The Balaban J connectivity index is 2.73. The van der Waals surface area contributed by atoms with E-state index in [2.05, 4.69) is 9.97 Å². The van der Waals surface area contributed by atoms with Crippen molar-refractivity contribution in [1.82, 2.24) is 9.97 Å². The van der Waals surface area contributed by atoms with Crippen LogP contribution in [0.2, 0.25) is 0 Å². The van der Waals surface area contributed by atoms with E-state index in [-0.39, 0.29) is 17.1 Å². The molecule has 82 valence electrons. The van der Waals surface area contributed by atoms with E-state index in [1.807, 2.05) is 0 Å². The molecule has 2 N–H and O–H groups in total. The normalized spacial score (nSPS) is 10.4. The van der Waals surface area contributed by atoms with Gasteiger partial charge < -0.3 is 5.73 Å². The SMILES string of the molecule is Cc1c(N)ncnc1-c1c(F)cccc1F. The molecule has 0 radical (unpaired) electrons. The highest BCUT2D eigenvalue weighted by atomic mass is 19.1. The van der Waals surface area contributed by atoms with Crippen LogP contribution in [-0.4, -0.2) is 9.97 Å². The van der Waals surface area contributed by atoms with E-state index in [9.17, 15) is 8.78 Å². The number of nitrogens with zero attached hydrogens (tertiary/aromatic N) is 2. The van der Waals surface area contributed by atoms with Gasteiger partial charge in [0.25, 0.3) is 0 Å². The topological polar surface area (TPSA) is 51.8 Å². The zero-order chi connectivity index (χ0) is 11.7. The third-order valence-corrected chi connectivity index (χ3v) is 2.32. The van der Waals surface area contributed by atoms with Gasteiger partial charge in [-0.25, -0.2) is 18.7 Å². The summed E-state index contributed by atoms with van der Waals surface area (Å²) in [6.45, 7) is 1.62. The molecular formula is C11H9F2N3. The zero-order valence-electron chi connectivity index (χ0n) is 8.54. The van der Waals surface area contributed by atoms with Crippen LogP contribution in [-0.2, 0) is 0 Å². The largest absolute Gasteiger partial charge is 0.383 e. The van der Waals surface area contributed by atoms with Gasteiger partial charge in [0.05, 0.1) is 11.3 Å². The molecule has 2 rings (SSSR count). The van der Waals surface area contributed by atoms with Crippen molar-refractivity contribution < 1.29 is 8.78 Å². The molecular weight excluding hydrogens is 212 g/mol. The molecule has 3 nitrogen and oxygen atoms in total. The Bertz CT molecular complexity index is 520. The Morgan fingerprint density at radius 2 is 1.75 bits per heavy atom. The Morgan fingerprint density at radius 1 is 1.12 bits per heavy atom. The number of nitrogens with two attached hydrogens (primary N) is 1. The molecule has 0 bridgehead atoms. The van der Waals surface area contributed by atoms with Crippen LogP contribution in [0.25, 0.3) is 11.3 Å². The highest BCUT2D eigenvalue weighted by molar-refractivity contribution is 5.67. The van der Waals surface area contributed by atoms with E-state index >= 15 is 0 Å². The molecule has 0 aliphatic carbocycles. The fourth-order valence-electron chi connectivity index (χ4n) is 1.44. The van der Waals surface area contributed by atoms with Gasteiger partial charge in [-0.15, -0.1) is 0 Å². The van der Waals surface area contributed by atoms with Gasteiger partial charge in [-0.3, -0.25) is 0 Å². The number of anilines is 1. The molecule has 0 saturated carbocycles. The average molecular weight is 221 g/mol. The highest BCUT2D eigenvalue weighted by Gasteiger charge is 2.15. The van der Waals surface area contributed by atoms with E-state index in [4.69, 9.17) is 5.73 Å². The van der Waals surface area contributed by atoms with Crippen molar-refractivity contribution in [2.75, 3.05) is 5.73 Å². The molecule has 0 aliphatic rings. The first-order valence-electron chi connectivity index (χ1n) is 4.62. The molecule has 16 heavy (non-hydrogen) atoms. The van der Waals surface area contributed by atoms with Gasteiger partial charge in [0.15, 0.2) is 0 Å². The van der Waals surface area contributed by atoms with Crippen LogP contribution < -0.4 is 5.73 Å². The number of halogens is 2. The van der Waals surface area contributed by atoms with Gasteiger partial charge in [-0.1, -0.05) is 6.07 Å². The lowest BCUT2D eigenvalue weighted by Crippen LogP contribution is -2.01. The van der Waals surface area contributed by atoms with Crippen molar-refractivity contribution in [3.8, 4) is 11.3 Å². The molecule has 5 heteroatoms. The van der Waals surface area contributed by atoms with Gasteiger partial charge in [0, 0.05) is 5.56 Å². The fraction of sp³-hybridized carbons (Fsp3) is 0.0909. The Labute approximate surface area is 91.0 Å². The summed E-state index contributed by atoms with van der Waals surface area (Å²) < 4.78 is 27.0. The maximum Gasteiger partial charge on any atom is 0.135 e. The summed E-state index contributed by atoms with van der Waals surface area (Å²) in [5.74, 6) is -1.12. The minimum atomic E-state index is -0.666. The maximum atomic E-state index is 13.5. The van der Waals surface area contributed by atoms with Crippen LogP contribution in [0.3, 0.4) is 0 Å². The van der Waals surface area contributed by atoms with Gasteiger partial charge in [0.1, 0.15) is 23.8 Å². The van der Waals surface area contributed by atoms with E-state index in [0.717, 1.165) is 0 Å². The minimum Gasteiger partial charge on any atom is -0.383 e. The summed E-state index contributed by atoms with van der Waals surface area (Å²) in [6.07, 6.45) is 1.18. The van der Waals surface area contributed by atoms with Gasteiger partial charge >= 0.3 is 0 Å². The van der Waals surface area contributed by atoms with Crippen molar-refractivity contribution >= 4 is 5.82 Å². The van der Waals surface area contributed by atoms with Crippen LogP contribution in [0.5, 0.6) is 0 Å². The Hall–Kier alpha value is -2.04. The number of hydrogen-bond donors (Lipinski definition) is 1. The van der Waals surface area contributed by atoms with Crippen LogP contribution in [0.4, 0.5) is 14.6 Å². The minimum absolute atomic E-state index is 0.172. The summed E-state index contributed by atoms with van der Waals surface area (Å²) in [7, 11) is 0. The molecule has 0 fully saturated rings. The van der Waals surface area contributed by atoms with Crippen molar-refractivity contribution in [3.05, 3.63) is 41.7 Å². The van der Waals surface area contributed by atoms with E-state index in [0.29, 0.717) is 5.56 Å². The second-order valence-electron chi connectivity index (χ2n) is 3.33. The third-order valence-electron chi connectivity index (χ3n) is 2.32. The number of rotatable bonds is 1. The standard InChI is InChI=1S/C11H9F2N3/c1-6-10(15-5-16-11(6)14)9-7(12)3-2-4-8(9)13/h2-5H,1H3,(H2,14,15,16). The summed E-state index contributed by atoms with van der Waals surface area (Å²) in [5.41, 5.74) is 6.04. The van der Waals surface area contributed by atoms with Crippen molar-refractivity contribution in [1.29, 1.82) is 0 Å². The number of benzene rings is 1. The van der Waals surface area contributed by atoms with Gasteiger partial charge in [0.2, 0.25) is 0 Å². The molecule has 0 amide bonds. The number of nitrogen functional groups attached to an aromatic ring is 1. The predicted molar refractivity (Wildman–Crippen MR) is 56.5 cm³/mol. The van der Waals surface area contributed by atoms with Crippen LogP contribution >= 0.6 is 0 Å². The van der Waals surface area contributed by atoms with Gasteiger partial charge in [-0.05, 0) is 19.1 Å². The lowest BCUT2D eigenvalue weighted by Gasteiger charge is -2.08. The Morgan fingerprint density at radius 3 is 2.38 bits per heavy atom. The molecule has 0 atom stereocenters. The van der Waals surface area contributed by atoms with Crippen LogP contribution in [0.15, 0.2) is 24.5 Å². The molecule has 1 aromatic carbocycles. The summed E-state index contributed by atoms with van der Waals surface area (Å²) in [5, 5.41) is 0. The summed E-state index contributed by atoms with van der Waals surface area (Å²) >= 11 is 0. The monoisotopic (exact) mass is 221 g/mol. The Kier molecular flexibility index (Phi) is 2.52. The van der Waals surface area contributed by atoms with Crippen LogP contribution in [0, 0.1) is 18.6 Å². The average Bonchev–Trinajstić information content (AvgIpc) is 2.24. The zero-order valence-corrected chi connectivity index (χ0v) is 8.54. The second-order valence-corrected chi connectivity index (χ2v) is 3.33. The molecule has 2 aromatic rings. The molecule has 0 saturated heterocycles. The molecule has 0 unspecified atom stereocenters. The van der Waals surface area contributed by atoms with Crippen molar-refractivity contribution in [2.45, 2.75) is 6.92 Å². The highest BCUT2D eigenvalue weighted by Crippen LogP contribution is 2.28. The molecule has 0 spiro atoms. The van der Waals surface area contributed by atoms with E-state index in [1.165, 1.54) is 24.5 Å². The van der Waals surface area contributed by atoms with Crippen LogP contribution in [0.1, 0.15) is 5.56 Å². The molecule has 0 aliphatic heterocycles. The third kappa shape index (κ3) is 1.60. The number of hydrogen-bond acceptors (Lipinski definition) is 3. The molecule has 1 aromatic heterocycles. The smallest absolute Gasteiger partial charge is 0.135 e. The number of aromatic nitrogens is 2. The lowest BCUT2D eigenvalue weighted by atomic mass is 10.1. The van der Waals surface area contributed by atoms with E-state index < -0.39 is 11.6 Å². The lowest BCUT2D eigenvalue weighted by molar-refractivity contribution is 0.588. The molecule has 1 heterocycles. The predicted octanol–water partition coefficient (Wildman–Crippen LogP) is 2.31. The first kappa shape index (κ1) is 10.5. The second kappa shape index (κ2) is 3.84. The maximum absolute atomic E-state index is 13.5. The quantitative estimate of drug-likeness (QED) is 0.803. The fourth-order valence-corrected chi connectivity index (χ4v) is 1.44. The first-order valence-corrected chi connectivity index (χ1v) is 4.62. The summed E-state index contributed by atoms with van der Waals surface area (Å²) in [4.78, 5) is 7.61. The van der Waals surface area contributed by atoms with Gasteiger partial charge in [-0.2, -0.15) is 0 Å². The first-order chi connectivity index (χ1) is 7.61. The summed E-state index contributed by atoms with van der Waals surface area (Å²) in [6, 6.07) is 3.65.